The van der Waals surface area contributed by atoms with Gasteiger partial charge in [-0.15, -0.1) is 0 Å². The number of pyridine rings is 1. The van der Waals surface area contributed by atoms with Crippen LogP contribution in [0.15, 0.2) is 36.9 Å². The Bertz CT molecular complexity index is 577. The van der Waals surface area contributed by atoms with E-state index in [9.17, 15) is 4.79 Å². The third kappa shape index (κ3) is 4.15. The largest absolute Gasteiger partial charge is 0.346 e. The number of carbonyl (C=O) groups excluding carboxylic acids is 1. The highest BCUT2D eigenvalue weighted by Crippen LogP contribution is 2.19. The van der Waals surface area contributed by atoms with Crippen molar-refractivity contribution in [2.45, 2.75) is 32.7 Å². The highest BCUT2D eigenvalue weighted by Gasteiger charge is 2.21. The highest BCUT2D eigenvalue weighted by atomic mass is 16.1. The second-order valence-corrected chi connectivity index (χ2v) is 5.55. The summed E-state index contributed by atoms with van der Waals surface area (Å²) in [6, 6.07) is 3.81. The lowest BCUT2D eigenvalue weighted by Crippen LogP contribution is -2.33. The molecule has 0 saturated carbocycles. The number of nitrogens with zero attached hydrogens (tertiary/aromatic N) is 3. The summed E-state index contributed by atoms with van der Waals surface area (Å²) in [4.78, 5) is 20.6. The van der Waals surface area contributed by atoms with E-state index < -0.39 is 0 Å². The molecule has 0 saturated heterocycles. The zero-order valence-electron chi connectivity index (χ0n) is 12.8. The van der Waals surface area contributed by atoms with Crippen molar-refractivity contribution in [2.75, 3.05) is 0 Å². The van der Waals surface area contributed by atoms with Crippen molar-refractivity contribution >= 4 is 5.91 Å². The van der Waals surface area contributed by atoms with Crippen molar-refractivity contribution in [1.82, 2.24) is 19.9 Å². The SMILES string of the molecule is CC(C)[C@H](NC(=O)CCc1cccnc1)c1nccn1C. The van der Waals surface area contributed by atoms with Crippen LogP contribution in [-0.2, 0) is 18.3 Å². The van der Waals surface area contributed by atoms with Gasteiger partial charge in [0.15, 0.2) is 0 Å². The Labute approximate surface area is 125 Å². The topological polar surface area (TPSA) is 59.8 Å². The Morgan fingerprint density at radius 1 is 1.38 bits per heavy atom. The first kappa shape index (κ1) is 15.2. The minimum Gasteiger partial charge on any atom is -0.346 e. The molecule has 2 aromatic rings. The first-order chi connectivity index (χ1) is 10.1. The van der Waals surface area contributed by atoms with Crippen LogP contribution in [0.25, 0.3) is 0 Å². The number of aryl methyl sites for hydroxylation is 2. The van der Waals surface area contributed by atoms with E-state index >= 15 is 0 Å². The monoisotopic (exact) mass is 286 g/mol. The van der Waals surface area contributed by atoms with Crippen molar-refractivity contribution in [3.63, 3.8) is 0 Å². The zero-order valence-corrected chi connectivity index (χ0v) is 12.8. The smallest absolute Gasteiger partial charge is 0.220 e. The second-order valence-electron chi connectivity index (χ2n) is 5.55. The molecule has 0 bridgehead atoms. The van der Waals surface area contributed by atoms with Crippen LogP contribution in [0, 0.1) is 5.92 Å². The zero-order chi connectivity index (χ0) is 15.2. The molecular formula is C16H22N4O. The van der Waals surface area contributed by atoms with Crippen LogP contribution >= 0.6 is 0 Å². The van der Waals surface area contributed by atoms with E-state index in [-0.39, 0.29) is 17.9 Å². The van der Waals surface area contributed by atoms with Crippen molar-refractivity contribution in [3.05, 3.63) is 48.3 Å². The predicted octanol–water partition coefficient (Wildman–Crippen LogP) is 2.26. The molecule has 1 amide bonds. The Morgan fingerprint density at radius 2 is 2.19 bits per heavy atom. The molecule has 0 unspecified atom stereocenters. The third-order valence-electron chi connectivity index (χ3n) is 3.48. The summed E-state index contributed by atoms with van der Waals surface area (Å²) in [6.07, 6.45) is 8.34. The highest BCUT2D eigenvalue weighted by molar-refractivity contribution is 5.76. The lowest BCUT2D eigenvalue weighted by molar-refractivity contribution is -0.122. The molecule has 1 atom stereocenters. The average Bonchev–Trinajstić information content (AvgIpc) is 2.89. The van der Waals surface area contributed by atoms with Gasteiger partial charge in [-0.1, -0.05) is 19.9 Å². The number of amides is 1. The van der Waals surface area contributed by atoms with Crippen LogP contribution in [0.3, 0.4) is 0 Å². The van der Waals surface area contributed by atoms with E-state index in [0.29, 0.717) is 12.8 Å². The molecule has 0 aliphatic heterocycles. The maximum Gasteiger partial charge on any atom is 0.220 e. The Morgan fingerprint density at radius 3 is 2.76 bits per heavy atom. The minimum absolute atomic E-state index is 0.0422. The maximum absolute atomic E-state index is 12.2. The summed E-state index contributed by atoms with van der Waals surface area (Å²) in [6.45, 7) is 4.17. The molecule has 0 aromatic carbocycles. The molecule has 2 rings (SSSR count). The van der Waals surface area contributed by atoms with Gasteiger partial charge in [-0.25, -0.2) is 4.98 Å². The standard InChI is InChI=1S/C16H22N4O/c1-12(2)15(16-18-9-10-20(16)3)19-14(21)7-6-13-5-4-8-17-11-13/h4-5,8-12,15H,6-7H2,1-3H3,(H,19,21)/t15-/m0/s1. The van der Waals surface area contributed by atoms with Crippen LogP contribution in [0.4, 0.5) is 0 Å². The van der Waals surface area contributed by atoms with Crippen molar-refractivity contribution in [1.29, 1.82) is 0 Å². The van der Waals surface area contributed by atoms with Gasteiger partial charge >= 0.3 is 0 Å². The number of carbonyl (C=O) groups is 1. The third-order valence-corrected chi connectivity index (χ3v) is 3.48. The summed E-state index contributed by atoms with van der Waals surface area (Å²) < 4.78 is 1.95. The quantitative estimate of drug-likeness (QED) is 0.886. The lowest BCUT2D eigenvalue weighted by Gasteiger charge is -2.22. The molecule has 0 aliphatic carbocycles. The first-order valence-electron chi connectivity index (χ1n) is 7.23. The van der Waals surface area contributed by atoms with E-state index in [4.69, 9.17) is 0 Å². The fraction of sp³-hybridized carbons (Fsp3) is 0.438. The molecule has 0 fully saturated rings. The van der Waals surface area contributed by atoms with Crippen molar-refractivity contribution < 1.29 is 4.79 Å². The molecule has 21 heavy (non-hydrogen) atoms. The first-order valence-corrected chi connectivity index (χ1v) is 7.23. The van der Waals surface area contributed by atoms with Gasteiger partial charge in [0.25, 0.3) is 0 Å². The van der Waals surface area contributed by atoms with Crippen LogP contribution in [-0.4, -0.2) is 20.4 Å². The molecule has 112 valence electrons. The summed E-state index contributed by atoms with van der Waals surface area (Å²) in [5.41, 5.74) is 1.07. The summed E-state index contributed by atoms with van der Waals surface area (Å²) in [5.74, 6) is 1.22. The average molecular weight is 286 g/mol. The Hall–Kier alpha value is -2.17. The van der Waals surface area contributed by atoms with E-state index in [0.717, 1.165) is 11.4 Å². The molecule has 0 aliphatic rings. The van der Waals surface area contributed by atoms with Gasteiger partial charge in [0.1, 0.15) is 5.82 Å². The maximum atomic E-state index is 12.2. The molecule has 5 nitrogen and oxygen atoms in total. The molecule has 1 N–H and O–H groups in total. The van der Waals surface area contributed by atoms with Crippen LogP contribution in [0.1, 0.15) is 37.7 Å². The van der Waals surface area contributed by atoms with Gasteiger partial charge < -0.3 is 9.88 Å². The van der Waals surface area contributed by atoms with Gasteiger partial charge in [0.2, 0.25) is 5.91 Å². The number of imidazole rings is 1. The van der Waals surface area contributed by atoms with E-state index in [1.54, 1.807) is 18.6 Å². The Kier molecular flexibility index (Phi) is 5.09. The van der Waals surface area contributed by atoms with Gasteiger partial charge in [-0.05, 0) is 24.0 Å². The van der Waals surface area contributed by atoms with Gasteiger partial charge in [-0.2, -0.15) is 0 Å². The molecule has 5 heteroatoms. The van der Waals surface area contributed by atoms with Crippen LogP contribution in [0.2, 0.25) is 0 Å². The summed E-state index contributed by atoms with van der Waals surface area (Å²) in [7, 11) is 1.94. The number of hydrogen-bond donors (Lipinski definition) is 1. The van der Waals surface area contributed by atoms with Crippen molar-refractivity contribution in [3.8, 4) is 0 Å². The Balaban J connectivity index is 1.95. The molecule has 2 aromatic heterocycles. The summed E-state index contributed by atoms with van der Waals surface area (Å²) >= 11 is 0. The van der Waals surface area contributed by atoms with Gasteiger partial charge in [-0.3, -0.25) is 9.78 Å². The molecule has 0 spiro atoms. The number of hydrogen-bond acceptors (Lipinski definition) is 3. The predicted molar refractivity (Wildman–Crippen MR) is 81.5 cm³/mol. The fourth-order valence-electron chi connectivity index (χ4n) is 2.26. The van der Waals surface area contributed by atoms with Crippen molar-refractivity contribution in [2.24, 2.45) is 13.0 Å². The fourth-order valence-corrected chi connectivity index (χ4v) is 2.26. The second kappa shape index (κ2) is 7.02. The van der Waals surface area contributed by atoms with Crippen LogP contribution in [0.5, 0.6) is 0 Å². The minimum atomic E-state index is -0.0635. The number of aromatic nitrogens is 3. The van der Waals surface area contributed by atoms with E-state index in [2.05, 4.69) is 29.1 Å². The van der Waals surface area contributed by atoms with Crippen LogP contribution < -0.4 is 5.32 Å². The van der Waals surface area contributed by atoms with Gasteiger partial charge in [0, 0.05) is 38.3 Å². The molecule has 0 radical (unpaired) electrons. The summed E-state index contributed by atoms with van der Waals surface area (Å²) in [5, 5.41) is 3.09. The molecule has 2 heterocycles. The molecular weight excluding hydrogens is 264 g/mol. The van der Waals surface area contributed by atoms with Gasteiger partial charge in [0.05, 0.1) is 6.04 Å². The van der Waals surface area contributed by atoms with E-state index in [1.165, 1.54) is 0 Å². The lowest BCUT2D eigenvalue weighted by atomic mass is 10.0. The normalized spacial score (nSPS) is 12.4. The number of rotatable bonds is 6. The van der Waals surface area contributed by atoms with E-state index in [1.807, 2.05) is 29.9 Å². The number of nitrogens with one attached hydrogen (secondary N) is 1.